The van der Waals surface area contributed by atoms with Crippen molar-refractivity contribution in [2.24, 2.45) is 0 Å². The molecule has 1 aliphatic heterocycles. The number of amides is 1. The lowest BCUT2D eigenvalue weighted by atomic mass is 10.0. The molecule has 7 nitrogen and oxygen atoms in total. The van der Waals surface area contributed by atoms with E-state index in [9.17, 15) is 22.4 Å². The van der Waals surface area contributed by atoms with E-state index in [1.54, 1.807) is 42.5 Å². The number of nitrogens with zero attached hydrogens (tertiary/aromatic N) is 1. The van der Waals surface area contributed by atoms with Gasteiger partial charge in [-0.15, -0.1) is 0 Å². The minimum atomic E-state index is -3.93. The van der Waals surface area contributed by atoms with Crippen LogP contribution < -0.4 is 15.1 Å². The van der Waals surface area contributed by atoms with Gasteiger partial charge in [0.25, 0.3) is 15.9 Å². The Morgan fingerprint density at radius 1 is 1.00 bits per heavy atom. The van der Waals surface area contributed by atoms with Gasteiger partial charge in [0.2, 0.25) is 0 Å². The number of halogens is 1. The van der Waals surface area contributed by atoms with Crippen LogP contribution in [0.1, 0.15) is 22.5 Å². The van der Waals surface area contributed by atoms with Crippen LogP contribution in [0.2, 0.25) is 0 Å². The highest BCUT2D eigenvalue weighted by atomic mass is 32.2. The molecule has 34 heavy (non-hydrogen) atoms. The zero-order chi connectivity index (χ0) is 23.9. The molecule has 0 atom stereocenters. The molecule has 0 radical (unpaired) electrons. The number of hydrogen-bond acceptors (Lipinski definition) is 5. The second-order valence-electron chi connectivity index (χ2n) is 7.90. The molecule has 0 bridgehead atoms. The highest BCUT2D eigenvalue weighted by molar-refractivity contribution is 7.92. The minimum absolute atomic E-state index is 0.0193. The number of carbonyl (C=O) groups is 1. The van der Waals surface area contributed by atoms with Crippen molar-refractivity contribution in [1.82, 2.24) is 0 Å². The molecular weight excluding hydrogens is 459 g/mol. The molecule has 0 aliphatic carbocycles. The van der Waals surface area contributed by atoms with Crippen molar-refractivity contribution < 1.29 is 22.0 Å². The summed E-state index contributed by atoms with van der Waals surface area (Å²) in [7, 11) is -3.93. The fourth-order valence-corrected chi connectivity index (χ4v) is 5.54. The Kier molecular flexibility index (Phi) is 5.41. The minimum Gasteiger partial charge on any atom is -0.451 e. The summed E-state index contributed by atoms with van der Waals surface area (Å²) in [5.41, 5.74) is 1.55. The van der Waals surface area contributed by atoms with Gasteiger partial charge in [-0.05, 0) is 66.9 Å². The van der Waals surface area contributed by atoms with Crippen LogP contribution in [-0.4, -0.2) is 20.9 Å². The first-order valence-electron chi connectivity index (χ1n) is 10.6. The zero-order valence-electron chi connectivity index (χ0n) is 17.8. The van der Waals surface area contributed by atoms with E-state index in [1.165, 1.54) is 16.4 Å². The summed E-state index contributed by atoms with van der Waals surface area (Å²) in [6.07, 6.45) is 1.31. The van der Waals surface area contributed by atoms with Crippen LogP contribution in [0.3, 0.4) is 0 Å². The van der Waals surface area contributed by atoms with Crippen molar-refractivity contribution in [3.63, 3.8) is 0 Å². The van der Waals surface area contributed by atoms with Gasteiger partial charge in [0.1, 0.15) is 11.4 Å². The predicted octanol–water partition coefficient (Wildman–Crippen LogP) is 4.33. The number of aryl methyl sites for hydroxylation is 1. The van der Waals surface area contributed by atoms with Gasteiger partial charge >= 0.3 is 0 Å². The van der Waals surface area contributed by atoms with Gasteiger partial charge in [0.05, 0.1) is 16.0 Å². The number of nitrogens with one attached hydrogen (secondary N) is 1. The van der Waals surface area contributed by atoms with Crippen LogP contribution in [-0.2, 0) is 16.4 Å². The van der Waals surface area contributed by atoms with Crippen molar-refractivity contribution in [3.05, 3.63) is 100 Å². The number of para-hydroxylation sites is 1. The summed E-state index contributed by atoms with van der Waals surface area (Å²) in [5.74, 6) is -1.31. The standard InChI is InChI=1S/C25H19FN2O5S/c26-17-8-11-19(12-9-17)34(31,32)28-13-3-4-16-7-10-18(14-21(16)28)27-25(30)24-15-22(29)20-5-1-2-6-23(20)33-24/h1-2,5-12,14-15H,3-4,13H2,(H,27,30). The highest BCUT2D eigenvalue weighted by Crippen LogP contribution is 2.34. The molecule has 2 heterocycles. The summed E-state index contributed by atoms with van der Waals surface area (Å²) < 4.78 is 46.6. The molecule has 1 amide bonds. The first kappa shape index (κ1) is 21.8. The lowest BCUT2D eigenvalue weighted by molar-refractivity contribution is 0.0997. The Hall–Kier alpha value is -3.98. The smallest absolute Gasteiger partial charge is 0.291 e. The lowest BCUT2D eigenvalue weighted by Gasteiger charge is -2.31. The van der Waals surface area contributed by atoms with Crippen LogP contribution in [0, 0.1) is 5.82 Å². The number of benzene rings is 3. The molecule has 0 fully saturated rings. The maximum atomic E-state index is 13.3. The monoisotopic (exact) mass is 478 g/mol. The van der Waals surface area contributed by atoms with Gasteiger partial charge in [-0.3, -0.25) is 13.9 Å². The van der Waals surface area contributed by atoms with Gasteiger partial charge in [-0.1, -0.05) is 18.2 Å². The largest absolute Gasteiger partial charge is 0.451 e. The average Bonchev–Trinajstić information content (AvgIpc) is 2.84. The third kappa shape index (κ3) is 3.94. The van der Waals surface area contributed by atoms with E-state index in [1.807, 2.05) is 0 Å². The molecular formula is C25H19FN2O5S. The van der Waals surface area contributed by atoms with Crippen LogP contribution in [0.5, 0.6) is 0 Å². The molecule has 3 aromatic carbocycles. The predicted molar refractivity (Wildman–Crippen MR) is 126 cm³/mol. The quantitative estimate of drug-likeness (QED) is 0.471. The third-order valence-electron chi connectivity index (χ3n) is 5.68. The maximum absolute atomic E-state index is 13.3. The molecule has 9 heteroatoms. The molecule has 0 saturated heterocycles. The van der Waals surface area contributed by atoms with Crippen molar-refractivity contribution >= 4 is 38.3 Å². The highest BCUT2D eigenvalue weighted by Gasteiger charge is 2.29. The second kappa shape index (κ2) is 8.42. The van der Waals surface area contributed by atoms with Crippen molar-refractivity contribution in [1.29, 1.82) is 0 Å². The number of carbonyl (C=O) groups excluding carboxylic acids is 1. The van der Waals surface area contributed by atoms with Gasteiger partial charge in [0, 0.05) is 18.3 Å². The van der Waals surface area contributed by atoms with Gasteiger partial charge in [-0.25, -0.2) is 12.8 Å². The number of rotatable bonds is 4. The average molecular weight is 479 g/mol. The van der Waals surface area contributed by atoms with E-state index in [0.717, 1.165) is 23.8 Å². The molecule has 0 saturated carbocycles. The van der Waals surface area contributed by atoms with E-state index in [-0.39, 0.29) is 22.6 Å². The topological polar surface area (TPSA) is 96.7 Å². The molecule has 172 valence electrons. The lowest BCUT2D eigenvalue weighted by Crippen LogP contribution is -2.35. The Labute approximate surface area is 194 Å². The van der Waals surface area contributed by atoms with E-state index < -0.39 is 21.7 Å². The number of fused-ring (bicyclic) bond motifs is 2. The molecule has 0 unspecified atom stereocenters. The number of anilines is 2. The van der Waals surface area contributed by atoms with Crippen LogP contribution in [0.4, 0.5) is 15.8 Å². The van der Waals surface area contributed by atoms with Crippen molar-refractivity contribution in [3.8, 4) is 0 Å². The molecule has 5 rings (SSSR count). The Balaban J connectivity index is 1.47. The Morgan fingerprint density at radius 3 is 2.56 bits per heavy atom. The van der Waals surface area contributed by atoms with E-state index >= 15 is 0 Å². The maximum Gasteiger partial charge on any atom is 0.291 e. The van der Waals surface area contributed by atoms with Crippen molar-refractivity contribution in [2.75, 3.05) is 16.2 Å². The SMILES string of the molecule is O=C(Nc1ccc2c(c1)N(S(=O)(=O)c1ccc(F)cc1)CCC2)c1cc(=O)c2ccccc2o1. The number of hydrogen-bond donors (Lipinski definition) is 1. The van der Waals surface area contributed by atoms with Crippen molar-refractivity contribution in [2.45, 2.75) is 17.7 Å². The summed E-state index contributed by atoms with van der Waals surface area (Å²) in [6, 6.07) is 17.4. The molecule has 1 aromatic heterocycles. The summed E-state index contributed by atoms with van der Waals surface area (Å²) in [6.45, 7) is 0.254. The normalized spacial score (nSPS) is 13.5. The first-order valence-corrected chi connectivity index (χ1v) is 12.0. The summed E-state index contributed by atoms with van der Waals surface area (Å²) >= 11 is 0. The first-order chi connectivity index (χ1) is 16.3. The summed E-state index contributed by atoms with van der Waals surface area (Å²) in [5, 5.41) is 3.05. The van der Waals surface area contributed by atoms with Gasteiger partial charge < -0.3 is 9.73 Å². The number of sulfonamides is 1. The van der Waals surface area contributed by atoms with Crippen LogP contribution >= 0.6 is 0 Å². The molecule has 1 N–H and O–H groups in total. The van der Waals surface area contributed by atoms with Gasteiger partial charge in [0.15, 0.2) is 11.2 Å². The van der Waals surface area contributed by atoms with E-state index in [4.69, 9.17) is 4.42 Å². The summed E-state index contributed by atoms with van der Waals surface area (Å²) in [4.78, 5) is 25.1. The van der Waals surface area contributed by atoms with Crippen LogP contribution in [0.25, 0.3) is 11.0 Å². The zero-order valence-corrected chi connectivity index (χ0v) is 18.6. The van der Waals surface area contributed by atoms with Crippen LogP contribution in [0.15, 0.2) is 86.9 Å². The fraction of sp³-hybridized carbons (Fsp3) is 0.120. The second-order valence-corrected chi connectivity index (χ2v) is 9.77. The van der Waals surface area contributed by atoms with E-state index in [2.05, 4.69) is 5.32 Å². The molecule has 0 spiro atoms. The molecule has 4 aromatic rings. The van der Waals surface area contributed by atoms with E-state index in [0.29, 0.717) is 35.2 Å². The third-order valence-corrected chi connectivity index (χ3v) is 7.51. The Bertz CT molecular complexity index is 1580. The molecule has 1 aliphatic rings. The fourth-order valence-electron chi connectivity index (χ4n) is 4.01. The Morgan fingerprint density at radius 2 is 1.76 bits per heavy atom. The van der Waals surface area contributed by atoms with Gasteiger partial charge in [-0.2, -0.15) is 0 Å².